The molecule has 4 nitrogen and oxygen atoms in total. The molecule has 2 fully saturated rings. The molecule has 0 unspecified atom stereocenters. The Morgan fingerprint density at radius 2 is 1.85 bits per heavy atom. The number of nitrogens with zero attached hydrogens (tertiary/aromatic N) is 1. The van der Waals surface area contributed by atoms with Crippen LogP contribution in [0.3, 0.4) is 0 Å². The van der Waals surface area contributed by atoms with Crippen molar-refractivity contribution < 1.29 is 9.59 Å². The average Bonchev–Trinajstić information content (AvgIpc) is 2.72. The summed E-state index contributed by atoms with van der Waals surface area (Å²) in [6.07, 6.45) is 4.72. The molecular formula is C16H20N2O2. The van der Waals surface area contributed by atoms with Gasteiger partial charge in [0.05, 0.1) is 5.69 Å². The molecule has 0 atom stereocenters. The van der Waals surface area contributed by atoms with Gasteiger partial charge in [0.15, 0.2) is 0 Å². The fourth-order valence-corrected chi connectivity index (χ4v) is 3.35. The van der Waals surface area contributed by atoms with Gasteiger partial charge in [-0.3, -0.25) is 4.79 Å². The molecule has 1 aromatic rings. The Hall–Kier alpha value is -1.84. The monoisotopic (exact) mass is 272 g/mol. The van der Waals surface area contributed by atoms with Gasteiger partial charge in [-0.2, -0.15) is 0 Å². The molecule has 0 bridgehead atoms. The molecule has 20 heavy (non-hydrogen) atoms. The maximum atomic E-state index is 12.7. The molecule has 1 saturated heterocycles. The van der Waals surface area contributed by atoms with Gasteiger partial charge in [-0.15, -0.1) is 0 Å². The summed E-state index contributed by atoms with van der Waals surface area (Å²) in [5, 5.41) is 2.95. The highest BCUT2D eigenvalue weighted by atomic mass is 16.2. The summed E-state index contributed by atoms with van der Waals surface area (Å²) < 4.78 is 0. The average molecular weight is 272 g/mol. The Morgan fingerprint density at radius 3 is 2.45 bits per heavy atom. The maximum Gasteiger partial charge on any atom is 0.329 e. The van der Waals surface area contributed by atoms with Gasteiger partial charge in [0, 0.05) is 0 Å². The van der Waals surface area contributed by atoms with E-state index in [1.807, 2.05) is 18.2 Å². The molecule has 1 aliphatic carbocycles. The quantitative estimate of drug-likeness (QED) is 0.841. The summed E-state index contributed by atoms with van der Waals surface area (Å²) in [6, 6.07) is 8.88. The molecule has 3 amide bonds. The van der Waals surface area contributed by atoms with Crippen LogP contribution >= 0.6 is 0 Å². The van der Waals surface area contributed by atoms with Crippen molar-refractivity contribution in [2.24, 2.45) is 5.92 Å². The number of hydrogen-bond donors (Lipinski definition) is 1. The van der Waals surface area contributed by atoms with Crippen LogP contribution in [0.1, 0.15) is 39.0 Å². The minimum atomic E-state index is -0.654. The second-order valence-electron chi connectivity index (χ2n) is 5.84. The van der Waals surface area contributed by atoms with E-state index in [4.69, 9.17) is 0 Å². The molecule has 1 N–H and O–H groups in total. The summed E-state index contributed by atoms with van der Waals surface area (Å²) in [7, 11) is 0. The van der Waals surface area contributed by atoms with Crippen LogP contribution in [-0.2, 0) is 4.79 Å². The molecule has 1 aliphatic heterocycles. The predicted octanol–water partition coefficient (Wildman–Crippen LogP) is 3.08. The summed E-state index contributed by atoms with van der Waals surface area (Å²) in [4.78, 5) is 26.2. The van der Waals surface area contributed by atoms with E-state index in [1.165, 1.54) is 4.90 Å². The number of imide groups is 1. The lowest BCUT2D eigenvalue weighted by molar-refractivity contribution is -0.123. The van der Waals surface area contributed by atoms with Gasteiger partial charge < -0.3 is 5.32 Å². The first-order valence-electron chi connectivity index (χ1n) is 7.38. The molecular weight excluding hydrogens is 252 g/mol. The Labute approximate surface area is 119 Å². The van der Waals surface area contributed by atoms with Crippen molar-refractivity contribution in [2.75, 3.05) is 4.90 Å². The number of amides is 3. The summed E-state index contributed by atoms with van der Waals surface area (Å²) in [6.45, 7) is 2.19. The van der Waals surface area contributed by atoms with E-state index in [-0.39, 0.29) is 11.9 Å². The molecule has 0 radical (unpaired) electrons. The molecule has 1 heterocycles. The topological polar surface area (TPSA) is 49.4 Å². The summed E-state index contributed by atoms with van der Waals surface area (Å²) >= 11 is 0. The van der Waals surface area contributed by atoms with Crippen molar-refractivity contribution in [3.8, 4) is 0 Å². The minimum Gasteiger partial charge on any atom is -0.323 e. The molecule has 3 rings (SSSR count). The molecule has 1 aromatic carbocycles. The number of nitrogens with one attached hydrogen (secondary N) is 1. The molecule has 2 aliphatic rings. The van der Waals surface area contributed by atoms with Crippen molar-refractivity contribution in [3.05, 3.63) is 30.3 Å². The highest BCUT2D eigenvalue weighted by molar-refractivity contribution is 6.23. The lowest BCUT2D eigenvalue weighted by Crippen LogP contribution is -2.49. The minimum absolute atomic E-state index is 0.0803. The van der Waals surface area contributed by atoms with Crippen LogP contribution in [0.25, 0.3) is 0 Å². The van der Waals surface area contributed by atoms with Crippen LogP contribution in [0, 0.1) is 5.92 Å². The fraction of sp³-hybridized carbons (Fsp3) is 0.500. The number of rotatable bonds is 2. The highest BCUT2D eigenvalue weighted by Gasteiger charge is 2.52. The second-order valence-corrected chi connectivity index (χ2v) is 5.84. The van der Waals surface area contributed by atoms with Crippen LogP contribution in [0.5, 0.6) is 0 Å². The van der Waals surface area contributed by atoms with E-state index in [2.05, 4.69) is 12.2 Å². The molecule has 1 saturated carbocycles. The molecule has 0 aromatic heterocycles. The van der Waals surface area contributed by atoms with Crippen LogP contribution < -0.4 is 10.2 Å². The zero-order chi connectivity index (χ0) is 14.2. The van der Waals surface area contributed by atoms with Gasteiger partial charge >= 0.3 is 6.03 Å². The van der Waals surface area contributed by atoms with Gasteiger partial charge in [-0.1, -0.05) is 31.5 Å². The van der Waals surface area contributed by atoms with Crippen LogP contribution in [0.15, 0.2) is 30.3 Å². The summed E-state index contributed by atoms with van der Waals surface area (Å²) in [5.41, 5.74) is 0.00276. The fourth-order valence-electron chi connectivity index (χ4n) is 3.35. The number of carbonyl (C=O) groups is 2. The number of benzene rings is 1. The van der Waals surface area contributed by atoms with Crippen molar-refractivity contribution in [1.29, 1.82) is 0 Å². The van der Waals surface area contributed by atoms with Gasteiger partial charge in [-0.05, 0) is 43.7 Å². The lowest BCUT2D eigenvalue weighted by Gasteiger charge is -2.34. The first kappa shape index (κ1) is 13.2. The largest absolute Gasteiger partial charge is 0.329 e. The zero-order valence-electron chi connectivity index (χ0n) is 11.8. The van der Waals surface area contributed by atoms with Crippen LogP contribution in [0.2, 0.25) is 0 Å². The number of para-hydroxylation sites is 1. The van der Waals surface area contributed by atoms with Gasteiger partial charge in [0.2, 0.25) is 0 Å². The first-order valence-corrected chi connectivity index (χ1v) is 7.38. The second kappa shape index (κ2) is 4.93. The third-order valence-corrected chi connectivity index (χ3v) is 4.71. The van der Waals surface area contributed by atoms with E-state index < -0.39 is 5.54 Å². The normalized spacial score (nSPS) is 29.9. The smallest absolute Gasteiger partial charge is 0.323 e. The predicted molar refractivity (Wildman–Crippen MR) is 77.4 cm³/mol. The van der Waals surface area contributed by atoms with Crippen LogP contribution in [-0.4, -0.2) is 17.5 Å². The maximum absolute atomic E-state index is 12.7. The van der Waals surface area contributed by atoms with Crippen molar-refractivity contribution in [2.45, 2.75) is 44.6 Å². The van der Waals surface area contributed by atoms with Crippen molar-refractivity contribution >= 4 is 17.6 Å². The van der Waals surface area contributed by atoms with E-state index in [9.17, 15) is 9.59 Å². The van der Waals surface area contributed by atoms with E-state index in [1.54, 1.807) is 12.1 Å². The highest BCUT2D eigenvalue weighted by Crippen LogP contribution is 2.38. The summed E-state index contributed by atoms with van der Waals surface area (Å²) in [5.74, 6) is 0.611. The van der Waals surface area contributed by atoms with E-state index in [0.717, 1.165) is 32.1 Å². The molecule has 4 heteroatoms. The number of hydrogen-bond acceptors (Lipinski definition) is 2. The van der Waals surface area contributed by atoms with Crippen LogP contribution in [0.4, 0.5) is 10.5 Å². The Morgan fingerprint density at radius 1 is 1.20 bits per heavy atom. The van der Waals surface area contributed by atoms with Gasteiger partial charge in [0.25, 0.3) is 5.91 Å². The number of anilines is 1. The van der Waals surface area contributed by atoms with Gasteiger partial charge in [0.1, 0.15) is 5.54 Å². The number of urea groups is 1. The SMILES string of the molecule is CCC1CCC2(CC1)NC(=O)N(c1ccccc1)C2=O. The molecule has 1 spiro atoms. The Balaban J connectivity index is 1.84. The first-order chi connectivity index (χ1) is 9.66. The van der Waals surface area contributed by atoms with Crippen molar-refractivity contribution in [3.63, 3.8) is 0 Å². The Kier molecular flexibility index (Phi) is 3.24. The zero-order valence-corrected chi connectivity index (χ0v) is 11.8. The van der Waals surface area contributed by atoms with E-state index >= 15 is 0 Å². The van der Waals surface area contributed by atoms with Gasteiger partial charge in [-0.25, -0.2) is 9.69 Å². The standard InChI is InChI=1S/C16H20N2O2/c1-2-12-8-10-16(11-9-12)14(19)18(15(20)17-16)13-6-4-3-5-7-13/h3-7,12H,2,8-11H2,1H3,(H,17,20). The number of carbonyl (C=O) groups excluding carboxylic acids is 2. The van der Waals surface area contributed by atoms with Crippen molar-refractivity contribution in [1.82, 2.24) is 5.32 Å². The Bertz CT molecular complexity index is 519. The third kappa shape index (κ3) is 1.99. The lowest BCUT2D eigenvalue weighted by atomic mass is 9.75. The third-order valence-electron chi connectivity index (χ3n) is 4.71. The van der Waals surface area contributed by atoms with E-state index in [0.29, 0.717) is 11.6 Å². The molecule has 106 valence electrons.